The second kappa shape index (κ2) is 13.4. The highest BCUT2D eigenvalue weighted by Gasteiger charge is 2.49. The van der Waals surface area contributed by atoms with Crippen LogP contribution < -0.4 is 0 Å². The number of hydrogen-bond donors (Lipinski definition) is 0. The molecular weight excluding hydrogens is 725 g/mol. The summed E-state index contributed by atoms with van der Waals surface area (Å²) in [6.07, 6.45) is 0. The van der Waals surface area contributed by atoms with Crippen LogP contribution >= 0.6 is 0 Å². The van der Waals surface area contributed by atoms with Gasteiger partial charge in [0.15, 0.2) is 5.82 Å². The lowest BCUT2D eigenvalue weighted by Crippen LogP contribution is -2.29. The first-order valence-corrected chi connectivity index (χ1v) is 20.7. The molecule has 0 fully saturated rings. The van der Waals surface area contributed by atoms with Crippen LogP contribution in [0.25, 0.3) is 89.2 Å². The standard InChI is InChI=1S/C58H38N2/c1-37-25-27-40(28-26-37)55-36-56(60-57(59-55)41-31-29-39(30-32-41)44-21-12-14-38-13-2-3-15-43(38)44)42-33-34-50-46-17-5-4-16-45(46)47-18-6-9-22-51(47)58(54(50)35-42)52-23-10-7-19-48(52)49-20-8-11-24-53(49)58/h2-36H,1H3. The monoisotopic (exact) mass is 762 g/mol. The van der Waals surface area contributed by atoms with Crippen molar-refractivity contribution >= 4 is 10.8 Å². The van der Waals surface area contributed by atoms with Crippen LogP contribution in [-0.2, 0) is 5.41 Å². The van der Waals surface area contributed by atoms with Crippen LogP contribution in [-0.4, -0.2) is 9.97 Å². The van der Waals surface area contributed by atoms with Gasteiger partial charge >= 0.3 is 0 Å². The van der Waals surface area contributed by atoms with Crippen molar-refractivity contribution in [3.63, 3.8) is 0 Å². The fourth-order valence-corrected chi connectivity index (χ4v) is 10.1. The Morgan fingerprint density at radius 2 is 0.767 bits per heavy atom. The molecule has 0 N–H and O–H groups in total. The maximum atomic E-state index is 5.42. The predicted octanol–water partition coefficient (Wildman–Crippen LogP) is 14.6. The van der Waals surface area contributed by atoms with E-state index < -0.39 is 5.41 Å². The van der Waals surface area contributed by atoms with Gasteiger partial charge in [-0.1, -0.05) is 206 Å². The van der Waals surface area contributed by atoms with Crippen LogP contribution in [0.3, 0.4) is 0 Å². The average molecular weight is 763 g/mol. The summed E-state index contributed by atoms with van der Waals surface area (Å²) < 4.78 is 0. The molecule has 0 bridgehead atoms. The summed E-state index contributed by atoms with van der Waals surface area (Å²) >= 11 is 0. The van der Waals surface area contributed by atoms with Gasteiger partial charge in [-0.25, -0.2) is 9.97 Å². The maximum absolute atomic E-state index is 5.42. The molecule has 2 heteroatoms. The zero-order valence-electron chi connectivity index (χ0n) is 33.1. The third kappa shape index (κ3) is 5.14. The minimum absolute atomic E-state index is 0.568. The molecule has 1 heterocycles. The molecule has 280 valence electrons. The Morgan fingerprint density at radius 3 is 1.42 bits per heavy atom. The Labute approximate surface area is 350 Å². The van der Waals surface area contributed by atoms with Gasteiger partial charge in [-0.2, -0.15) is 0 Å². The topological polar surface area (TPSA) is 25.8 Å². The van der Waals surface area contributed by atoms with E-state index in [-0.39, 0.29) is 0 Å². The Morgan fingerprint density at radius 1 is 0.317 bits per heavy atom. The minimum atomic E-state index is -0.568. The molecule has 12 rings (SSSR count). The third-order valence-electron chi connectivity index (χ3n) is 12.8. The van der Waals surface area contributed by atoms with E-state index in [1.807, 2.05) is 0 Å². The lowest BCUT2D eigenvalue weighted by Gasteiger charge is -2.35. The summed E-state index contributed by atoms with van der Waals surface area (Å²) in [5.41, 5.74) is 20.6. The van der Waals surface area contributed by atoms with Crippen molar-refractivity contribution in [2.75, 3.05) is 0 Å². The minimum Gasteiger partial charge on any atom is -0.228 e. The quantitative estimate of drug-likeness (QED) is 0.178. The molecule has 0 saturated carbocycles. The van der Waals surface area contributed by atoms with Gasteiger partial charge in [0, 0.05) is 16.7 Å². The highest BCUT2D eigenvalue weighted by atomic mass is 14.9. The zero-order valence-corrected chi connectivity index (χ0v) is 33.1. The molecule has 0 radical (unpaired) electrons. The normalized spacial score (nSPS) is 12.9. The summed E-state index contributed by atoms with van der Waals surface area (Å²) in [5.74, 6) is 0.699. The van der Waals surface area contributed by atoms with Gasteiger partial charge in [-0.15, -0.1) is 0 Å². The number of fused-ring (bicyclic) bond motifs is 13. The first kappa shape index (κ1) is 34.4. The van der Waals surface area contributed by atoms with E-state index in [9.17, 15) is 0 Å². The van der Waals surface area contributed by atoms with Gasteiger partial charge in [-0.05, 0) is 96.6 Å². The summed E-state index contributed by atoms with van der Waals surface area (Å²) in [5, 5.41) is 2.48. The van der Waals surface area contributed by atoms with Crippen LogP contribution in [0.2, 0.25) is 0 Å². The second-order valence-corrected chi connectivity index (χ2v) is 16.1. The van der Waals surface area contributed by atoms with Crippen LogP contribution in [0.15, 0.2) is 212 Å². The molecule has 9 aromatic carbocycles. The van der Waals surface area contributed by atoms with Gasteiger partial charge in [0.25, 0.3) is 0 Å². The molecule has 0 saturated heterocycles. The molecule has 2 nitrogen and oxygen atoms in total. The summed E-state index contributed by atoms with van der Waals surface area (Å²) in [4.78, 5) is 10.7. The van der Waals surface area contributed by atoms with Crippen molar-refractivity contribution in [1.82, 2.24) is 9.97 Å². The van der Waals surface area contributed by atoms with Crippen molar-refractivity contribution < 1.29 is 0 Å². The molecule has 60 heavy (non-hydrogen) atoms. The van der Waals surface area contributed by atoms with Crippen LogP contribution in [0.4, 0.5) is 0 Å². The number of hydrogen-bond acceptors (Lipinski definition) is 2. The van der Waals surface area contributed by atoms with Crippen molar-refractivity contribution in [3.05, 3.63) is 240 Å². The third-order valence-corrected chi connectivity index (χ3v) is 12.8. The van der Waals surface area contributed by atoms with Crippen LogP contribution in [0.5, 0.6) is 0 Å². The molecule has 0 atom stereocenters. The van der Waals surface area contributed by atoms with Crippen LogP contribution in [0.1, 0.15) is 27.8 Å². The van der Waals surface area contributed by atoms with E-state index in [4.69, 9.17) is 9.97 Å². The van der Waals surface area contributed by atoms with Crippen molar-refractivity contribution in [2.45, 2.75) is 12.3 Å². The Balaban J connectivity index is 1.10. The molecular formula is C58H38N2. The highest BCUT2D eigenvalue weighted by molar-refractivity contribution is 5.99. The first-order valence-electron chi connectivity index (χ1n) is 20.7. The number of benzene rings is 9. The average Bonchev–Trinajstić information content (AvgIpc) is 3.56. The van der Waals surface area contributed by atoms with Crippen molar-refractivity contribution in [2.24, 2.45) is 0 Å². The van der Waals surface area contributed by atoms with E-state index >= 15 is 0 Å². The Kier molecular flexibility index (Phi) is 7.70. The summed E-state index contributed by atoms with van der Waals surface area (Å²) in [6, 6.07) is 77.7. The number of aryl methyl sites for hydroxylation is 1. The smallest absolute Gasteiger partial charge is 0.160 e. The lowest BCUT2D eigenvalue weighted by molar-refractivity contribution is 0.775. The number of nitrogens with zero attached hydrogens (tertiary/aromatic N) is 2. The van der Waals surface area contributed by atoms with Gasteiger partial charge in [0.2, 0.25) is 0 Å². The van der Waals surface area contributed by atoms with E-state index in [1.54, 1.807) is 0 Å². The Hall–Kier alpha value is -7.68. The molecule has 0 aliphatic heterocycles. The second-order valence-electron chi connectivity index (χ2n) is 16.1. The van der Waals surface area contributed by atoms with E-state index in [0.29, 0.717) is 5.82 Å². The maximum Gasteiger partial charge on any atom is 0.160 e. The summed E-state index contributed by atoms with van der Waals surface area (Å²) in [7, 11) is 0. The Bertz CT molecular complexity index is 3270. The highest BCUT2D eigenvalue weighted by Crippen LogP contribution is 2.61. The van der Waals surface area contributed by atoms with E-state index in [0.717, 1.165) is 28.1 Å². The van der Waals surface area contributed by atoms with E-state index in [1.165, 1.54) is 83.1 Å². The molecule has 0 amide bonds. The van der Waals surface area contributed by atoms with Crippen LogP contribution in [0, 0.1) is 6.92 Å². The molecule has 2 aliphatic rings. The van der Waals surface area contributed by atoms with Gasteiger partial charge < -0.3 is 0 Å². The van der Waals surface area contributed by atoms with Crippen molar-refractivity contribution in [1.29, 1.82) is 0 Å². The fraction of sp³-hybridized carbons (Fsp3) is 0.0345. The largest absolute Gasteiger partial charge is 0.228 e. The van der Waals surface area contributed by atoms with Crippen molar-refractivity contribution in [3.8, 4) is 78.4 Å². The van der Waals surface area contributed by atoms with Gasteiger partial charge in [0.05, 0.1) is 16.8 Å². The van der Waals surface area contributed by atoms with Gasteiger partial charge in [-0.3, -0.25) is 0 Å². The summed E-state index contributed by atoms with van der Waals surface area (Å²) in [6.45, 7) is 2.12. The first-order chi connectivity index (χ1) is 29.6. The molecule has 2 aliphatic carbocycles. The lowest BCUT2D eigenvalue weighted by atomic mass is 9.65. The van der Waals surface area contributed by atoms with E-state index in [2.05, 4.69) is 219 Å². The molecule has 0 unspecified atom stereocenters. The SMILES string of the molecule is Cc1ccc(-c2cc(-c3ccc4c(c3)C3(c5ccccc5-c5ccccc5-4)c4ccccc4-c4ccccc43)nc(-c3ccc(-c4cccc5ccccc45)cc3)n2)cc1. The molecule has 10 aromatic rings. The molecule has 1 aromatic heterocycles. The van der Waals surface area contributed by atoms with Gasteiger partial charge in [0.1, 0.15) is 0 Å². The number of rotatable bonds is 4. The zero-order chi connectivity index (χ0) is 39.8. The number of aromatic nitrogens is 2. The molecule has 1 spiro atoms. The predicted molar refractivity (Wildman–Crippen MR) is 248 cm³/mol. The fourth-order valence-electron chi connectivity index (χ4n) is 10.1.